The minimum Gasteiger partial charge on any atom is -0.494 e. The van der Waals surface area contributed by atoms with Gasteiger partial charge in [-0.3, -0.25) is 28.3 Å². The van der Waals surface area contributed by atoms with Crippen molar-refractivity contribution in [1.29, 1.82) is 0 Å². The van der Waals surface area contributed by atoms with Gasteiger partial charge in [0.2, 0.25) is 0 Å². The van der Waals surface area contributed by atoms with Crippen molar-refractivity contribution in [1.82, 2.24) is 28.9 Å². The Morgan fingerprint density at radius 1 is 0.637 bits per heavy atom. The molecule has 2 aromatic heterocycles. The molecule has 0 spiro atoms. The molecule has 9 rings (SSSR count). The van der Waals surface area contributed by atoms with E-state index in [0.717, 1.165) is 56.4 Å². The number of halogens is 5. The molecule has 5 N–H and O–H groups in total. The van der Waals surface area contributed by atoms with Gasteiger partial charge in [0.25, 0.3) is 22.9 Å². The molecule has 2 amide bonds. The summed E-state index contributed by atoms with van der Waals surface area (Å²) in [7, 11) is 6.47. The van der Waals surface area contributed by atoms with Crippen molar-refractivity contribution < 1.29 is 65.4 Å². The quantitative estimate of drug-likeness (QED) is 0.0400. The number of hydrogen-bond donors (Lipinski definition) is 5. The Morgan fingerprint density at radius 3 is 1.54 bits per heavy atom. The maximum absolute atomic E-state index is 14.8. The number of aromatic nitrogens is 4. The highest BCUT2D eigenvalue weighted by Crippen LogP contribution is 2.40. The van der Waals surface area contributed by atoms with E-state index in [9.17, 15) is 61.0 Å². The molecule has 0 bridgehead atoms. The number of methoxy groups -OCH3 is 1. The summed E-state index contributed by atoms with van der Waals surface area (Å²) in [5, 5.41) is 20.3. The number of nitrogens with zero attached hydrogens (tertiary/aromatic N) is 4. The summed E-state index contributed by atoms with van der Waals surface area (Å²) in [4.78, 5) is 97.7. The van der Waals surface area contributed by atoms with E-state index in [1.807, 2.05) is 53.7 Å². The summed E-state index contributed by atoms with van der Waals surface area (Å²) in [6.45, 7) is 16.0. The molecule has 3 aliphatic heterocycles. The molecule has 22 nitrogen and oxygen atoms in total. The van der Waals surface area contributed by atoms with Crippen molar-refractivity contribution >= 4 is 63.6 Å². The number of ether oxygens (including phenoxy) is 3. The Bertz CT molecular complexity index is 3960. The van der Waals surface area contributed by atoms with E-state index in [4.69, 9.17) is 23.5 Å². The van der Waals surface area contributed by atoms with Crippen LogP contribution in [-0.2, 0) is 77.5 Å². The summed E-state index contributed by atoms with van der Waals surface area (Å²) in [6.07, 6.45) is 5.28. The van der Waals surface area contributed by atoms with Crippen LogP contribution in [0.5, 0.6) is 11.5 Å². The fraction of sp³-hybridized carbons (Fsp3) is 0.429. The summed E-state index contributed by atoms with van der Waals surface area (Å²) < 4.78 is 93.4. The van der Waals surface area contributed by atoms with Gasteiger partial charge in [0.05, 0.1) is 41.6 Å². The predicted molar refractivity (Wildman–Crippen MR) is 337 cm³/mol. The molecule has 0 radical (unpaired) electrons. The van der Waals surface area contributed by atoms with E-state index in [2.05, 4.69) is 37.2 Å². The number of amides is 2. The van der Waals surface area contributed by atoms with Gasteiger partial charge in [-0.1, -0.05) is 24.3 Å². The molecule has 5 heterocycles. The second kappa shape index (κ2) is 28.8. The van der Waals surface area contributed by atoms with E-state index >= 15 is 0 Å². The van der Waals surface area contributed by atoms with Gasteiger partial charge in [-0.25, -0.2) is 36.7 Å². The van der Waals surface area contributed by atoms with Gasteiger partial charge in [0.15, 0.2) is 0 Å². The van der Waals surface area contributed by atoms with Crippen LogP contribution in [0.25, 0.3) is 11.1 Å². The number of aliphatic carboxylic acids is 1. The number of carboxylic acid groups (broad SMARTS) is 1. The highest BCUT2D eigenvalue weighted by Gasteiger charge is 2.53. The predicted octanol–water partition coefficient (Wildman–Crippen LogP) is 6.37. The van der Waals surface area contributed by atoms with Crippen molar-refractivity contribution in [3.8, 4) is 22.6 Å². The zero-order valence-corrected chi connectivity index (χ0v) is 54.3. The first kappa shape index (κ1) is 70.0. The summed E-state index contributed by atoms with van der Waals surface area (Å²) in [5.41, 5.74) is 0.216. The largest absolute Gasteiger partial charge is 0.498 e. The maximum Gasteiger partial charge on any atom is 0.498 e. The van der Waals surface area contributed by atoms with Crippen LogP contribution in [0.2, 0.25) is 0 Å². The van der Waals surface area contributed by atoms with Crippen LogP contribution in [0.4, 0.5) is 28.9 Å². The number of nitrogens with one attached hydrogen (secondary N) is 4. The molecule has 28 heteroatoms. The second-order valence-electron chi connectivity index (χ2n) is 23.8. The molecule has 91 heavy (non-hydrogen) atoms. The lowest BCUT2D eigenvalue weighted by molar-refractivity contribution is -0.143. The standard InChI is InChI=1S/C29H37BF2N2O6.C28H30F2N4O6.C6H7BrN2O2/c1-16(2)33-18-14-21(31)24(22(32)15-18)26(35)34-23(27(36)37-7)13-17-10-11-20(25-19(17)9-8-12-38-25)30-39-28(3,4)29(5,6)40-30;1-14(2)31-16-11-20(29)23(21(30)12-16)25(35)32-22(27(37)38)10-15-7-8-18(24-17(15)6-5-9-40-24)19-13-33(3)28(39)34(4)26(19)36;1-8-3-4(7)5(10)9(2)6(8)11/h10-11,14-16,23,33H,8-9,12-13H2,1-7H3,(H,34,35);7-8,11-14,22,31H,5-6,9-10H2,1-4H3,(H,32,35)(H,37,38);3H,1-2H3/t23-;22-;/m00./s1. The van der Waals surface area contributed by atoms with E-state index in [1.165, 1.54) is 49.8 Å². The number of rotatable bonds is 16. The molecule has 2 atom stereocenters. The molecular formula is C63H74BBrF4N8O14. The lowest BCUT2D eigenvalue weighted by atomic mass is 9.75. The number of carboxylic acids is 1. The van der Waals surface area contributed by atoms with E-state index in [-0.39, 0.29) is 53.1 Å². The Kier molecular flexibility index (Phi) is 22.1. The van der Waals surface area contributed by atoms with Crippen LogP contribution in [-0.4, -0.2) is 110 Å². The zero-order chi connectivity index (χ0) is 67.3. The zero-order valence-electron chi connectivity index (χ0n) is 52.8. The Labute approximate surface area is 530 Å². The average molecular weight is 1330 g/mol. The molecular weight excluding hydrogens is 1260 g/mol. The number of carbonyl (C=O) groups excluding carboxylic acids is 3. The molecule has 0 aliphatic carbocycles. The third-order valence-electron chi connectivity index (χ3n) is 15.7. The lowest BCUT2D eigenvalue weighted by Crippen LogP contribution is -2.44. The monoisotopic (exact) mass is 1330 g/mol. The van der Waals surface area contributed by atoms with Crippen LogP contribution < -0.4 is 58.7 Å². The normalized spacial score (nSPS) is 15.1. The number of benzene rings is 4. The molecule has 0 saturated carbocycles. The Hall–Kier alpha value is -8.50. The summed E-state index contributed by atoms with van der Waals surface area (Å²) >= 11 is 3.04. The van der Waals surface area contributed by atoms with Gasteiger partial charge in [0.1, 0.15) is 58.0 Å². The molecule has 4 aromatic carbocycles. The molecule has 1 saturated heterocycles. The minimum absolute atomic E-state index is 0.0317. The van der Waals surface area contributed by atoms with Crippen molar-refractivity contribution in [3.05, 3.63) is 164 Å². The number of anilines is 2. The fourth-order valence-corrected chi connectivity index (χ4v) is 11.0. The molecule has 6 aromatic rings. The van der Waals surface area contributed by atoms with Gasteiger partial charge in [-0.15, -0.1) is 0 Å². The highest BCUT2D eigenvalue weighted by atomic mass is 79.9. The number of hydrogen-bond acceptors (Lipinski definition) is 15. The Morgan fingerprint density at radius 2 is 1.07 bits per heavy atom. The summed E-state index contributed by atoms with van der Waals surface area (Å²) in [5.74, 6) is -7.71. The van der Waals surface area contributed by atoms with Crippen molar-refractivity contribution in [3.63, 3.8) is 0 Å². The van der Waals surface area contributed by atoms with E-state index in [0.29, 0.717) is 65.1 Å². The second-order valence-corrected chi connectivity index (χ2v) is 24.6. The first-order chi connectivity index (χ1) is 42.7. The minimum atomic E-state index is -1.51. The van der Waals surface area contributed by atoms with Crippen LogP contribution in [0.3, 0.4) is 0 Å². The number of carbonyl (C=O) groups is 4. The van der Waals surface area contributed by atoms with Crippen LogP contribution in [0, 0.1) is 23.3 Å². The van der Waals surface area contributed by atoms with Crippen LogP contribution in [0.15, 0.2) is 84.6 Å². The Balaban J connectivity index is 0.000000221. The first-order valence-electron chi connectivity index (χ1n) is 29.2. The van der Waals surface area contributed by atoms with Crippen molar-refractivity contribution in [2.75, 3.05) is 31.0 Å². The van der Waals surface area contributed by atoms with Crippen molar-refractivity contribution in [2.24, 2.45) is 28.2 Å². The topological polar surface area (TPSA) is 271 Å². The van der Waals surface area contributed by atoms with E-state index in [1.54, 1.807) is 33.0 Å². The first-order valence-corrected chi connectivity index (χ1v) is 30.0. The van der Waals surface area contributed by atoms with Gasteiger partial charge in [-0.2, -0.15) is 0 Å². The van der Waals surface area contributed by atoms with Gasteiger partial charge >= 0.3 is 30.4 Å². The van der Waals surface area contributed by atoms with Crippen LogP contribution >= 0.6 is 15.9 Å². The summed E-state index contributed by atoms with van der Waals surface area (Å²) in [6, 6.07) is 8.07. The fourth-order valence-electron chi connectivity index (χ4n) is 10.4. The third kappa shape index (κ3) is 15.8. The highest BCUT2D eigenvalue weighted by molar-refractivity contribution is 9.10. The number of fused-ring (bicyclic) bond motifs is 2. The smallest absolute Gasteiger partial charge is 0.494 e. The van der Waals surface area contributed by atoms with Crippen LogP contribution in [0.1, 0.15) is 111 Å². The number of esters is 1. The molecule has 3 aliphatic rings. The maximum atomic E-state index is 14.8. The molecule has 1 fully saturated rings. The van der Waals surface area contributed by atoms with Gasteiger partial charge < -0.3 is 59.0 Å². The lowest BCUT2D eigenvalue weighted by Gasteiger charge is -2.32. The van der Waals surface area contributed by atoms with Gasteiger partial charge in [-0.05, 0) is 144 Å². The van der Waals surface area contributed by atoms with Gasteiger partial charge in [0, 0.05) is 87.9 Å². The third-order valence-corrected chi connectivity index (χ3v) is 16.3. The molecule has 488 valence electrons. The van der Waals surface area contributed by atoms with E-state index < -0.39 is 99.8 Å². The SMILES string of the molecule is CC(C)Nc1cc(F)c(C(=O)N[C@@H](Cc2ccc(-c3cn(C)c(=O)n(C)c3=O)c3c2CCCO3)C(=O)O)c(F)c1.COC(=O)[C@H](Cc1ccc(B2OC(C)(C)C(C)(C)O2)c2c1CCCO2)NC(=O)c1c(F)cc(NC(C)C)cc1F.Cn1cc(Br)c(=O)n(C)c1=O. The molecule has 0 unspecified atom stereocenters. The average Bonchev–Trinajstić information content (AvgIpc) is 1.74. The number of aryl methyl sites for hydroxylation is 2. The van der Waals surface area contributed by atoms with Crippen molar-refractivity contribution in [2.45, 2.75) is 129 Å².